The highest BCUT2D eigenvalue weighted by atomic mass is 31.2. The van der Waals surface area contributed by atoms with Crippen LogP contribution in [-0.4, -0.2) is 95.8 Å². The number of imide groups is 2. The minimum Gasteiger partial charge on any atom is -0.382 e. The van der Waals surface area contributed by atoms with Crippen molar-refractivity contribution >= 4 is 37.8 Å². The first-order valence-electron chi connectivity index (χ1n) is 12.8. The van der Waals surface area contributed by atoms with Crippen molar-refractivity contribution in [1.82, 2.24) is 14.9 Å². The van der Waals surface area contributed by atoms with Gasteiger partial charge in [0.1, 0.15) is 6.04 Å². The second-order valence-corrected chi connectivity index (χ2v) is 10.7. The van der Waals surface area contributed by atoms with Crippen molar-refractivity contribution in [3.8, 4) is 0 Å². The molecule has 1 saturated heterocycles. The lowest BCUT2D eigenvalue weighted by molar-refractivity contribution is -0.136. The van der Waals surface area contributed by atoms with Gasteiger partial charge in [-0.3, -0.25) is 29.4 Å². The van der Waals surface area contributed by atoms with Crippen LogP contribution >= 0.6 is 8.53 Å². The number of carbonyl (C=O) groups is 4. The first-order chi connectivity index (χ1) is 18.1. The fraction of sp³-hybridized carbons (Fsp3) is 0.600. The first-order valence-corrected chi connectivity index (χ1v) is 13.9. The molecule has 2 aliphatic heterocycles. The van der Waals surface area contributed by atoms with E-state index in [0.29, 0.717) is 38.7 Å². The maximum Gasteiger partial charge on any atom is 0.264 e. The number of anilines is 1. The van der Waals surface area contributed by atoms with Crippen molar-refractivity contribution < 1.29 is 38.1 Å². The third kappa shape index (κ3) is 7.34. The largest absolute Gasteiger partial charge is 0.382 e. The number of hydrogen-bond acceptors (Lipinski definition) is 10. The molecule has 2 aliphatic rings. The molecule has 1 aromatic carbocycles. The molecule has 38 heavy (non-hydrogen) atoms. The molecular formula is C25H37N4O8P. The third-order valence-electron chi connectivity index (χ3n) is 6.09. The summed E-state index contributed by atoms with van der Waals surface area (Å²) in [6.07, 6.45) is 0.178. The molecule has 0 aliphatic carbocycles. The Bertz CT molecular complexity index is 1010. The summed E-state index contributed by atoms with van der Waals surface area (Å²) in [7, 11) is -1.66. The number of fused-ring (bicyclic) bond motifs is 1. The summed E-state index contributed by atoms with van der Waals surface area (Å²) in [4.78, 5) is 60.9. The molecule has 1 fully saturated rings. The number of amides is 4. The van der Waals surface area contributed by atoms with Gasteiger partial charge in [-0.25, -0.2) is 4.67 Å². The molecule has 0 aromatic heterocycles. The van der Waals surface area contributed by atoms with Gasteiger partial charge in [0, 0.05) is 30.7 Å². The van der Waals surface area contributed by atoms with Crippen molar-refractivity contribution in [2.75, 3.05) is 44.9 Å². The van der Waals surface area contributed by atoms with Gasteiger partial charge in [0.15, 0.2) is 0 Å². The van der Waals surface area contributed by atoms with Crippen LogP contribution in [0.2, 0.25) is 0 Å². The van der Waals surface area contributed by atoms with Crippen LogP contribution in [0.25, 0.3) is 0 Å². The highest BCUT2D eigenvalue weighted by Crippen LogP contribution is 2.40. The van der Waals surface area contributed by atoms with Crippen molar-refractivity contribution in [2.24, 2.45) is 0 Å². The van der Waals surface area contributed by atoms with Crippen molar-refractivity contribution in [3.05, 3.63) is 29.3 Å². The van der Waals surface area contributed by atoms with Crippen LogP contribution in [-0.2, 0) is 23.6 Å². The summed E-state index contributed by atoms with van der Waals surface area (Å²) in [5.41, 5.74) is 0.908. The summed E-state index contributed by atoms with van der Waals surface area (Å²) in [5.74, 6) is -2.16. The highest BCUT2D eigenvalue weighted by Gasteiger charge is 2.45. The predicted octanol–water partition coefficient (Wildman–Crippen LogP) is 1.89. The SMILES string of the molecule is CC(C)N(C(C)C)P(O)OCCOCCOCCNc1cccc2c1C(=O)N(C1CCC(=O)NC1=O)C2=O. The third-order valence-corrected chi connectivity index (χ3v) is 7.82. The zero-order chi connectivity index (χ0) is 27.8. The Morgan fingerprint density at radius 2 is 1.68 bits per heavy atom. The fourth-order valence-corrected chi connectivity index (χ4v) is 5.64. The fourth-order valence-electron chi connectivity index (χ4n) is 4.48. The summed E-state index contributed by atoms with van der Waals surface area (Å²) >= 11 is 0. The quantitative estimate of drug-likeness (QED) is 0.167. The number of benzene rings is 1. The van der Waals surface area contributed by atoms with E-state index in [1.54, 1.807) is 18.2 Å². The van der Waals surface area contributed by atoms with Gasteiger partial charge in [0.25, 0.3) is 20.3 Å². The molecule has 12 nitrogen and oxygen atoms in total. The zero-order valence-electron chi connectivity index (χ0n) is 22.3. The average molecular weight is 553 g/mol. The average Bonchev–Trinajstić information content (AvgIpc) is 3.10. The lowest BCUT2D eigenvalue weighted by atomic mass is 10.0. The van der Waals surface area contributed by atoms with Crippen LogP contribution in [0.15, 0.2) is 18.2 Å². The smallest absolute Gasteiger partial charge is 0.264 e. The Morgan fingerprint density at radius 1 is 1.03 bits per heavy atom. The molecule has 0 radical (unpaired) electrons. The molecule has 3 N–H and O–H groups in total. The van der Waals surface area contributed by atoms with Gasteiger partial charge in [-0.15, -0.1) is 0 Å². The van der Waals surface area contributed by atoms with E-state index in [1.165, 1.54) is 0 Å². The number of carbonyl (C=O) groups excluding carboxylic acids is 4. The second-order valence-electron chi connectivity index (χ2n) is 9.48. The summed E-state index contributed by atoms with van der Waals surface area (Å²) in [6.45, 7) is 10.1. The molecule has 1 aromatic rings. The number of piperidine rings is 1. The Morgan fingerprint density at radius 3 is 2.34 bits per heavy atom. The summed E-state index contributed by atoms with van der Waals surface area (Å²) < 4.78 is 18.5. The van der Waals surface area contributed by atoms with E-state index < -0.39 is 38.2 Å². The van der Waals surface area contributed by atoms with Crippen LogP contribution < -0.4 is 10.6 Å². The number of nitrogens with zero attached hydrogens (tertiary/aromatic N) is 2. The predicted molar refractivity (Wildman–Crippen MR) is 140 cm³/mol. The molecule has 0 bridgehead atoms. The lowest BCUT2D eigenvalue weighted by Crippen LogP contribution is -2.54. The Labute approximate surface area is 223 Å². The van der Waals surface area contributed by atoms with E-state index in [9.17, 15) is 24.1 Å². The van der Waals surface area contributed by atoms with Crippen LogP contribution in [0.1, 0.15) is 61.3 Å². The van der Waals surface area contributed by atoms with E-state index in [0.717, 1.165) is 4.90 Å². The van der Waals surface area contributed by atoms with Gasteiger partial charge in [-0.2, -0.15) is 0 Å². The summed E-state index contributed by atoms with van der Waals surface area (Å²) in [5, 5.41) is 5.31. The molecular weight excluding hydrogens is 515 g/mol. The topological polar surface area (TPSA) is 147 Å². The Hall–Kier alpha value is -2.47. The first kappa shape index (κ1) is 30.1. The van der Waals surface area contributed by atoms with Crippen molar-refractivity contribution in [2.45, 2.75) is 58.7 Å². The van der Waals surface area contributed by atoms with Crippen molar-refractivity contribution in [1.29, 1.82) is 0 Å². The molecule has 0 spiro atoms. The molecule has 210 valence electrons. The molecule has 13 heteroatoms. The van der Waals surface area contributed by atoms with Crippen LogP contribution in [0.5, 0.6) is 0 Å². The maximum absolute atomic E-state index is 13.1. The van der Waals surface area contributed by atoms with Gasteiger partial charge in [0.05, 0.1) is 44.2 Å². The Kier molecular flexibility index (Phi) is 11.1. The zero-order valence-corrected chi connectivity index (χ0v) is 23.2. The highest BCUT2D eigenvalue weighted by molar-refractivity contribution is 7.43. The number of ether oxygens (including phenoxy) is 2. The van der Waals surface area contributed by atoms with E-state index >= 15 is 0 Å². The van der Waals surface area contributed by atoms with Gasteiger partial charge >= 0.3 is 0 Å². The number of rotatable bonds is 15. The number of nitrogens with one attached hydrogen (secondary N) is 2. The minimum absolute atomic E-state index is 0.0701. The molecule has 2 heterocycles. The van der Waals surface area contributed by atoms with Crippen LogP contribution in [0, 0.1) is 0 Å². The van der Waals surface area contributed by atoms with E-state index in [4.69, 9.17) is 14.0 Å². The molecule has 2 unspecified atom stereocenters. The minimum atomic E-state index is -1.66. The summed E-state index contributed by atoms with van der Waals surface area (Å²) in [6, 6.07) is 4.25. The van der Waals surface area contributed by atoms with Crippen LogP contribution in [0.3, 0.4) is 0 Å². The normalized spacial score (nSPS) is 18.5. The van der Waals surface area contributed by atoms with E-state index in [1.807, 2.05) is 32.4 Å². The lowest BCUT2D eigenvalue weighted by Gasteiger charge is -2.32. The van der Waals surface area contributed by atoms with E-state index in [2.05, 4.69) is 10.6 Å². The maximum atomic E-state index is 13.1. The monoisotopic (exact) mass is 552 g/mol. The Balaban J connectivity index is 1.37. The van der Waals surface area contributed by atoms with Gasteiger partial charge in [-0.1, -0.05) is 6.07 Å². The molecule has 3 rings (SSSR count). The van der Waals surface area contributed by atoms with E-state index in [-0.39, 0.29) is 42.7 Å². The second kappa shape index (κ2) is 14.1. The molecule has 0 saturated carbocycles. The van der Waals surface area contributed by atoms with Gasteiger partial charge < -0.3 is 24.2 Å². The van der Waals surface area contributed by atoms with Crippen molar-refractivity contribution in [3.63, 3.8) is 0 Å². The number of hydrogen-bond donors (Lipinski definition) is 3. The molecule has 4 amide bonds. The molecule has 2 atom stereocenters. The standard InChI is InChI=1S/C25H37N4O8P/c1-16(2)29(17(3)4)38(34)37-15-14-36-13-12-35-11-10-26-19-7-5-6-18-22(19)25(33)28(24(18)32)20-8-9-21(30)27-23(20)31/h5-7,16-17,20,26,34H,8-15H2,1-4H3,(H,27,30,31). The van der Waals surface area contributed by atoms with Gasteiger partial charge in [0.2, 0.25) is 11.8 Å². The van der Waals surface area contributed by atoms with Crippen LogP contribution in [0.4, 0.5) is 5.69 Å². The van der Waals surface area contributed by atoms with Gasteiger partial charge in [-0.05, 0) is 46.2 Å².